The van der Waals surface area contributed by atoms with Gasteiger partial charge in [-0.15, -0.1) is 5.11 Å². The Labute approximate surface area is 105 Å². The van der Waals surface area contributed by atoms with Gasteiger partial charge in [0.25, 0.3) is 0 Å². The molecular weight excluding hydrogens is 226 g/mol. The van der Waals surface area contributed by atoms with E-state index in [0.29, 0.717) is 0 Å². The van der Waals surface area contributed by atoms with Crippen molar-refractivity contribution in [1.29, 1.82) is 0 Å². The molecule has 0 aliphatic carbocycles. The van der Waals surface area contributed by atoms with E-state index in [1.54, 1.807) is 6.08 Å². The molecule has 1 aliphatic heterocycles. The molecule has 0 saturated carbocycles. The molecule has 1 aromatic rings. The average Bonchev–Trinajstić information content (AvgIpc) is 2.40. The second-order valence-electron chi connectivity index (χ2n) is 3.67. The Hall–Kier alpha value is -2.49. The summed E-state index contributed by atoms with van der Waals surface area (Å²) in [5.41, 5.74) is 4.05. The smallest absolute Gasteiger partial charge is 0.245 e. The van der Waals surface area contributed by atoms with Crippen LogP contribution in [0.15, 0.2) is 65.0 Å². The number of fused-ring (bicyclic) bond motifs is 1. The molecule has 18 heavy (non-hydrogen) atoms. The van der Waals surface area contributed by atoms with E-state index in [1.165, 1.54) is 0 Å². The Bertz CT molecular complexity index is 542. The number of amides is 1. The normalized spacial score (nSPS) is 15.2. The lowest BCUT2D eigenvalue weighted by Crippen LogP contribution is -2.14. The molecule has 1 heterocycles. The van der Waals surface area contributed by atoms with Crippen LogP contribution in [0.25, 0.3) is 6.08 Å². The average molecular weight is 239 g/mol. The van der Waals surface area contributed by atoms with E-state index >= 15 is 0 Å². The summed E-state index contributed by atoms with van der Waals surface area (Å²) >= 11 is 0. The van der Waals surface area contributed by atoms with Crippen molar-refractivity contribution < 1.29 is 4.79 Å². The first-order valence-electron chi connectivity index (χ1n) is 5.65. The minimum atomic E-state index is -0.187. The van der Waals surface area contributed by atoms with Crippen LogP contribution in [0.1, 0.15) is 12.0 Å². The Balaban J connectivity index is 2.31. The van der Waals surface area contributed by atoms with Crippen LogP contribution < -0.4 is 5.43 Å². The van der Waals surface area contributed by atoms with Crippen molar-refractivity contribution >= 4 is 17.7 Å². The predicted molar refractivity (Wildman–Crippen MR) is 71.0 cm³/mol. The summed E-state index contributed by atoms with van der Waals surface area (Å²) in [6.45, 7) is 0. The number of carbonyl (C=O) groups is 1. The van der Waals surface area contributed by atoms with Gasteiger partial charge >= 0.3 is 0 Å². The van der Waals surface area contributed by atoms with Gasteiger partial charge in [-0.05, 0) is 6.07 Å². The minimum absolute atomic E-state index is 0.187. The molecule has 0 aromatic heterocycles. The fourth-order valence-electron chi connectivity index (χ4n) is 1.44. The third kappa shape index (κ3) is 3.52. The molecule has 1 aliphatic rings. The fourth-order valence-corrected chi connectivity index (χ4v) is 1.44. The predicted octanol–water partition coefficient (Wildman–Crippen LogP) is 3.33. The highest BCUT2D eigenvalue weighted by Crippen LogP contribution is 2.20. The molecule has 0 spiro atoms. The van der Waals surface area contributed by atoms with Gasteiger partial charge in [-0.1, -0.05) is 59.9 Å². The fraction of sp³-hybridized carbons (Fsp3) is 0.0714. The molecule has 90 valence electrons. The summed E-state index contributed by atoms with van der Waals surface area (Å²) in [6.07, 6.45) is 11.5. The Morgan fingerprint density at radius 3 is 2.83 bits per heavy atom. The lowest BCUT2D eigenvalue weighted by molar-refractivity contribution is -0.120. The first-order valence-corrected chi connectivity index (χ1v) is 5.65. The van der Waals surface area contributed by atoms with Crippen LogP contribution in [-0.2, 0) is 4.79 Å². The molecule has 0 radical (unpaired) electrons. The molecule has 4 nitrogen and oxygen atoms in total. The second-order valence-corrected chi connectivity index (χ2v) is 3.67. The van der Waals surface area contributed by atoms with E-state index in [1.807, 2.05) is 54.6 Å². The topological polar surface area (TPSA) is 53.8 Å². The maximum Gasteiger partial charge on any atom is 0.245 e. The molecule has 4 heteroatoms. The zero-order valence-electron chi connectivity index (χ0n) is 9.78. The van der Waals surface area contributed by atoms with Gasteiger partial charge in [-0.3, -0.25) is 4.79 Å². The SMILES string of the molecule is O=C1CC=CC=CC=Cc2ccccc2N=NN1. The van der Waals surface area contributed by atoms with Gasteiger partial charge in [-0.25, -0.2) is 5.43 Å². The van der Waals surface area contributed by atoms with Gasteiger partial charge in [0.05, 0.1) is 5.69 Å². The van der Waals surface area contributed by atoms with Gasteiger partial charge in [-0.2, -0.15) is 0 Å². The minimum Gasteiger partial charge on any atom is -0.273 e. The van der Waals surface area contributed by atoms with E-state index in [0.717, 1.165) is 11.3 Å². The monoisotopic (exact) mass is 239 g/mol. The van der Waals surface area contributed by atoms with Crippen molar-refractivity contribution in [3.63, 3.8) is 0 Å². The summed E-state index contributed by atoms with van der Waals surface area (Å²) in [6, 6.07) is 7.59. The number of rotatable bonds is 0. The number of hydrogen-bond donors (Lipinski definition) is 1. The third-order valence-corrected chi connectivity index (χ3v) is 2.32. The summed E-state index contributed by atoms with van der Waals surface area (Å²) in [5, 5.41) is 7.69. The summed E-state index contributed by atoms with van der Waals surface area (Å²) in [7, 11) is 0. The van der Waals surface area contributed by atoms with Crippen molar-refractivity contribution in [2.24, 2.45) is 10.3 Å². The summed E-state index contributed by atoms with van der Waals surface area (Å²) < 4.78 is 0. The van der Waals surface area contributed by atoms with Crippen LogP contribution in [0.3, 0.4) is 0 Å². The molecule has 1 aromatic carbocycles. The van der Waals surface area contributed by atoms with Crippen molar-refractivity contribution in [3.05, 3.63) is 60.2 Å². The van der Waals surface area contributed by atoms with E-state index in [9.17, 15) is 4.79 Å². The Kier molecular flexibility index (Phi) is 4.19. The van der Waals surface area contributed by atoms with E-state index in [-0.39, 0.29) is 12.3 Å². The second kappa shape index (κ2) is 6.30. The Morgan fingerprint density at radius 1 is 1.06 bits per heavy atom. The number of carbonyl (C=O) groups excluding carboxylic acids is 1. The van der Waals surface area contributed by atoms with Gasteiger partial charge in [0.2, 0.25) is 5.91 Å². The highest BCUT2D eigenvalue weighted by atomic mass is 16.2. The van der Waals surface area contributed by atoms with Crippen LogP contribution in [0.2, 0.25) is 0 Å². The van der Waals surface area contributed by atoms with Gasteiger partial charge in [0.1, 0.15) is 0 Å². The third-order valence-electron chi connectivity index (χ3n) is 2.32. The molecule has 0 saturated heterocycles. The van der Waals surface area contributed by atoms with Crippen LogP contribution in [0.4, 0.5) is 5.69 Å². The first-order chi connectivity index (χ1) is 8.86. The lowest BCUT2D eigenvalue weighted by Gasteiger charge is -1.98. The number of hydrogen-bond acceptors (Lipinski definition) is 3. The van der Waals surface area contributed by atoms with Crippen molar-refractivity contribution in [2.45, 2.75) is 6.42 Å². The molecule has 1 amide bonds. The van der Waals surface area contributed by atoms with Crippen LogP contribution in [0, 0.1) is 0 Å². The molecular formula is C14H13N3O. The van der Waals surface area contributed by atoms with Gasteiger partial charge < -0.3 is 0 Å². The zero-order chi connectivity index (χ0) is 12.6. The lowest BCUT2D eigenvalue weighted by atomic mass is 10.1. The van der Waals surface area contributed by atoms with Crippen molar-refractivity contribution in [3.8, 4) is 0 Å². The Morgan fingerprint density at radius 2 is 1.89 bits per heavy atom. The molecule has 0 atom stereocenters. The van der Waals surface area contributed by atoms with E-state index < -0.39 is 0 Å². The first kappa shape index (κ1) is 12.0. The molecule has 0 unspecified atom stereocenters. The van der Waals surface area contributed by atoms with Crippen LogP contribution >= 0.6 is 0 Å². The quantitative estimate of drug-likeness (QED) is 0.741. The molecule has 0 fully saturated rings. The van der Waals surface area contributed by atoms with Crippen LogP contribution in [-0.4, -0.2) is 5.91 Å². The largest absolute Gasteiger partial charge is 0.273 e. The highest BCUT2D eigenvalue weighted by Gasteiger charge is 1.98. The number of nitrogens with one attached hydrogen (secondary N) is 1. The van der Waals surface area contributed by atoms with Crippen molar-refractivity contribution in [1.82, 2.24) is 5.43 Å². The number of nitrogens with zero attached hydrogens (tertiary/aromatic N) is 2. The van der Waals surface area contributed by atoms with Gasteiger partial charge in [0, 0.05) is 12.0 Å². The van der Waals surface area contributed by atoms with Crippen LogP contribution in [0.5, 0.6) is 0 Å². The molecule has 2 rings (SSSR count). The van der Waals surface area contributed by atoms with Gasteiger partial charge in [0.15, 0.2) is 0 Å². The molecule has 0 bridgehead atoms. The standard InChI is InChI=1S/C14H13N3O/c18-14-11-5-3-1-2-4-8-12-9-6-7-10-13(12)15-17-16-14/h1-10H,11H2,(H,15,16,18). The highest BCUT2D eigenvalue weighted by molar-refractivity contribution is 5.77. The summed E-state index contributed by atoms with van der Waals surface area (Å²) in [4.78, 5) is 11.3. The van der Waals surface area contributed by atoms with E-state index in [4.69, 9.17) is 0 Å². The molecule has 1 N–H and O–H groups in total. The van der Waals surface area contributed by atoms with E-state index in [2.05, 4.69) is 15.8 Å². The summed E-state index contributed by atoms with van der Waals surface area (Å²) in [5.74, 6) is -0.187. The number of allylic oxidation sites excluding steroid dienone is 4. The number of benzene rings is 1. The maximum absolute atomic E-state index is 11.3. The maximum atomic E-state index is 11.3. The zero-order valence-corrected chi connectivity index (χ0v) is 9.78. The van der Waals surface area contributed by atoms with Crippen molar-refractivity contribution in [2.75, 3.05) is 0 Å².